The standard InChI is InChI=1S/C4H3F6O4P/c1-2-12-15(11,13-3(5,6)7)14-4(8,9)10/h2H,1H2. The molecule has 0 aromatic rings. The Labute approximate surface area is 79.0 Å². The fraction of sp³-hybridized carbons (Fsp3) is 0.500. The first-order chi connectivity index (χ1) is 6.47. The highest BCUT2D eigenvalue weighted by molar-refractivity contribution is 7.48. The largest absolute Gasteiger partial charge is 0.543 e. The molecule has 0 aliphatic rings. The van der Waals surface area contributed by atoms with Crippen molar-refractivity contribution < 1.29 is 44.5 Å². The first kappa shape index (κ1) is 14.3. The van der Waals surface area contributed by atoms with Crippen LogP contribution in [-0.2, 0) is 18.1 Å². The van der Waals surface area contributed by atoms with Crippen LogP contribution in [0.15, 0.2) is 12.8 Å². The summed E-state index contributed by atoms with van der Waals surface area (Å²) in [5.41, 5.74) is 0. The summed E-state index contributed by atoms with van der Waals surface area (Å²) >= 11 is 0. The van der Waals surface area contributed by atoms with Crippen molar-refractivity contribution in [1.29, 1.82) is 0 Å². The SMILES string of the molecule is C=COP(=O)(OC(F)(F)F)OC(F)(F)F. The van der Waals surface area contributed by atoms with Crippen molar-refractivity contribution in [3.05, 3.63) is 12.8 Å². The summed E-state index contributed by atoms with van der Waals surface area (Å²) in [6.45, 7) is 2.62. The summed E-state index contributed by atoms with van der Waals surface area (Å²) in [4.78, 5) is 0. The highest BCUT2D eigenvalue weighted by atomic mass is 31.2. The van der Waals surface area contributed by atoms with Crippen molar-refractivity contribution in [1.82, 2.24) is 0 Å². The number of rotatable bonds is 4. The molecule has 0 aromatic carbocycles. The zero-order valence-corrected chi connectivity index (χ0v) is 7.53. The molecule has 0 aromatic heterocycles. The van der Waals surface area contributed by atoms with Crippen LogP contribution in [0.2, 0.25) is 0 Å². The molecule has 0 bridgehead atoms. The molecular formula is C4H3F6O4P. The van der Waals surface area contributed by atoms with Gasteiger partial charge in [0, 0.05) is 0 Å². The van der Waals surface area contributed by atoms with E-state index < -0.39 is 20.5 Å². The van der Waals surface area contributed by atoms with Gasteiger partial charge < -0.3 is 4.52 Å². The summed E-state index contributed by atoms with van der Waals surface area (Å²) in [5, 5.41) is 0. The summed E-state index contributed by atoms with van der Waals surface area (Å²) in [6, 6.07) is 0. The van der Waals surface area contributed by atoms with Crippen molar-refractivity contribution in [3.63, 3.8) is 0 Å². The van der Waals surface area contributed by atoms with Gasteiger partial charge >= 0.3 is 20.5 Å². The summed E-state index contributed by atoms with van der Waals surface area (Å²) in [7, 11) is -5.83. The molecule has 4 nitrogen and oxygen atoms in total. The zero-order valence-electron chi connectivity index (χ0n) is 6.63. The van der Waals surface area contributed by atoms with E-state index in [-0.39, 0.29) is 6.26 Å². The second-order valence-electron chi connectivity index (χ2n) is 1.79. The van der Waals surface area contributed by atoms with E-state index in [0.717, 1.165) is 0 Å². The van der Waals surface area contributed by atoms with E-state index in [2.05, 4.69) is 20.2 Å². The van der Waals surface area contributed by atoms with Gasteiger partial charge in [-0.2, -0.15) is 9.05 Å². The van der Waals surface area contributed by atoms with E-state index in [4.69, 9.17) is 0 Å². The average molecular weight is 260 g/mol. The monoisotopic (exact) mass is 260 g/mol. The highest BCUT2D eigenvalue weighted by Gasteiger charge is 2.50. The lowest BCUT2D eigenvalue weighted by Crippen LogP contribution is -2.18. The van der Waals surface area contributed by atoms with Crippen LogP contribution in [0.25, 0.3) is 0 Å². The molecule has 0 unspecified atom stereocenters. The molecule has 0 saturated carbocycles. The van der Waals surface area contributed by atoms with Gasteiger partial charge in [0.1, 0.15) is 0 Å². The second kappa shape index (κ2) is 4.42. The number of hydrogen-bond acceptors (Lipinski definition) is 4. The first-order valence-electron chi connectivity index (χ1n) is 2.92. The molecule has 0 fully saturated rings. The van der Waals surface area contributed by atoms with Crippen molar-refractivity contribution in [3.8, 4) is 0 Å². The van der Waals surface area contributed by atoms with Gasteiger partial charge in [-0.15, -0.1) is 26.3 Å². The molecule has 0 atom stereocenters. The quantitative estimate of drug-likeness (QED) is 0.441. The molecule has 0 aliphatic carbocycles. The number of halogens is 6. The van der Waals surface area contributed by atoms with Gasteiger partial charge in [0.25, 0.3) is 0 Å². The lowest BCUT2D eigenvalue weighted by molar-refractivity contribution is -0.314. The van der Waals surface area contributed by atoms with Crippen LogP contribution in [0, 0.1) is 0 Å². The van der Waals surface area contributed by atoms with E-state index in [1.54, 1.807) is 0 Å². The molecule has 0 amide bonds. The fourth-order valence-electron chi connectivity index (χ4n) is 0.407. The van der Waals surface area contributed by atoms with Gasteiger partial charge in [-0.3, -0.25) is 0 Å². The molecule has 0 aliphatic heterocycles. The molecule has 0 spiro atoms. The molecule has 0 radical (unpaired) electrons. The van der Waals surface area contributed by atoms with Gasteiger partial charge in [-0.1, -0.05) is 6.58 Å². The molecule has 15 heavy (non-hydrogen) atoms. The number of phosphoric ester groups is 1. The molecule has 0 heterocycles. The van der Waals surface area contributed by atoms with Crippen LogP contribution in [0.5, 0.6) is 0 Å². The van der Waals surface area contributed by atoms with Crippen LogP contribution >= 0.6 is 7.82 Å². The molecule has 0 N–H and O–H groups in total. The topological polar surface area (TPSA) is 44.8 Å². The van der Waals surface area contributed by atoms with Crippen LogP contribution in [0.4, 0.5) is 26.3 Å². The summed E-state index contributed by atoms with van der Waals surface area (Å²) < 4.78 is 88.2. The minimum Gasteiger partial charge on any atom is -0.412 e. The van der Waals surface area contributed by atoms with Gasteiger partial charge in [0.2, 0.25) is 0 Å². The Morgan fingerprint density at radius 1 is 1.00 bits per heavy atom. The van der Waals surface area contributed by atoms with E-state index in [1.807, 2.05) is 0 Å². The van der Waals surface area contributed by atoms with Gasteiger partial charge in [-0.05, 0) is 0 Å². The highest BCUT2D eigenvalue weighted by Crippen LogP contribution is 2.57. The van der Waals surface area contributed by atoms with Crippen molar-refractivity contribution in [2.75, 3.05) is 0 Å². The Hall–Kier alpha value is -0.730. The third kappa shape index (κ3) is 7.23. The minimum atomic E-state index is -5.83. The first-order valence-corrected chi connectivity index (χ1v) is 4.38. The minimum absolute atomic E-state index is 0.0677. The Bertz CT molecular complexity index is 249. The smallest absolute Gasteiger partial charge is 0.412 e. The molecule has 0 saturated heterocycles. The Morgan fingerprint density at radius 3 is 1.53 bits per heavy atom. The van der Waals surface area contributed by atoms with Gasteiger partial charge in [0.15, 0.2) is 0 Å². The van der Waals surface area contributed by atoms with Crippen molar-refractivity contribution in [2.24, 2.45) is 0 Å². The van der Waals surface area contributed by atoms with Crippen LogP contribution < -0.4 is 0 Å². The van der Waals surface area contributed by atoms with Crippen LogP contribution in [0.3, 0.4) is 0 Å². The fourth-order valence-corrected chi connectivity index (χ4v) is 1.22. The molecule has 11 heteroatoms. The lowest BCUT2D eigenvalue weighted by atomic mass is 11.2. The Kier molecular flexibility index (Phi) is 4.20. The maximum Gasteiger partial charge on any atom is 0.543 e. The lowest BCUT2D eigenvalue weighted by Gasteiger charge is -2.18. The predicted octanol–water partition coefficient (Wildman–Crippen LogP) is 3.33. The van der Waals surface area contributed by atoms with E-state index in [9.17, 15) is 30.9 Å². The van der Waals surface area contributed by atoms with Gasteiger partial charge in [0.05, 0.1) is 6.26 Å². The predicted molar refractivity (Wildman–Crippen MR) is 33.2 cm³/mol. The molecule has 90 valence electrons. The zero-order chi connectivity index (χ0) is 12.3. The average Bonchev–Trinajstić information content (AvgIpc) is 1.74. The Morgan fingerprint density at radius 2 is 1.33 bits per heavy atom. The summed E-state index contributed by atoms with van der Waals surface area (Å²) in [6.07, 6.45) is -11.1. The third-order valence-electron chi connectivity index (χ3n) is 0.634. The van der Waals surface area contributed by atoms with E-state index in [1.165, 1.54) is 0 Å². The number of phosphoric acid groups is 1. The summed E-state index contributed by atoms with van der Waals surface area (Å²) in [5.74, 6) is 0. The number of alkyl halides is 6. The van der Waals surface area contributed by atoms with E-state index >= 15 is 0 Å². The van der Waals surface area contributed by atoms with Crippen molar-refractivity contribution >= 4 is 7.82 Å². The second-order valence-corrected chi connectivity index (χ2v) is 3.26. The van der Waals surface area contributed by atoms with Crippen LogP contribution in [0.1, 0.15) is 0 Å². The Balaban J connectivity index is 4.75. The molecule has 0 rings (SSSR count). The van der Waals surface area contributed by atoms with Crippen LogP contribution in [-0.4, -0.2) is 12.7 Å². The number of hydrogen-bond donors (Lipinski definition) is 0. The maximum absolute atomic E-state index is 11.5. The third-order valence-corrected chi connectivity index (χ3v) is 1.90. The van der Waals surface area contributed by atoms with Crippen molar-refractivity contribution in [2.45, 2.75) is 12.7 Å². The normalized spacial score (nSPS) is 13.7. The van der Waals surface area contributed by atoms with E-state index in [0.29, 0.717) is 0 Å². The maximum atomic E-state index is 11.5. The molecular weight excluding hydrogens is 257 g/mol. The van der Waals surface area contributed by atoms with Gasteiger partial charge in [-0.25, -0.2) is 4.57 Å².